The average molecular weight is 372 g/mol. The second-order valence-electron chi connectivity index (χ2n) is 3.66. The zero-order valence-corrected chi connectivity index (χ0v) is 11.8. The first-order valence-electron chi connectivity index (χ1n) is 5.28. The molecule has 0 aliphatic rings. The van der Waals surface area contributed by atoms with E-state index in [1.165, 1.54) is 16.9 Å². The fourth-order valence-electron chi connectivity index (χ4n) is 1.44. The number of halogens is 1. The first-order chi connectivity index (χ1) is 9.06. The van der Waals surface area contributed by atoms with E-state index in [1.807, 2.05) is 18.2 Å². The molecule has 1 amide bonds. The van der Waals surface area contributed by atoms with Gasteiger partial charge in [0.1, 0.15) is 6.54 Å². The maximum absolute atomic E-state index is 11.8. The molecule has 98 valence electrons. The van der Waals surface area contributed by atoms with Crippen LogP contribution in [0.25, 0.3) is 0 Å². The number of nitrogens with one attached hydrogen (secondary N) is 1. The molecule has 1 aromatic carbocycles. The van der Waals surface area contributed by atoms with Gasteiger partial charge in [0.2, 0.25) is 5.91 Å². The Morgan fingerprint density at radius 1 is 1.42 bits per heavy atom. The highest BCUT2D eigenvalue weighted by molar-refractivity contribution is 14.1. The van der Waals surface area contributed by atoms with Crippen molar-refractivity contribution in [1.82, 2.24) is 9.78 Å². The lowest BCUT2D eigenvalue weighted by atomic mass is 10.3. The van der Waals surface area contributed by atoms with Crippen LogP contribution in [0, 0.1) is 13.7 Å². The van der Waals surface area contributed by atoms with Crippen LogP contribution < -0.4 is 5.32 Å². The van der Waals surface area contributed by atoms with Crippen LogP contribution in [0.2, 0.25) is 0 Å². The van der Waals surface area contributed by atoms with Crippen molar-refractivity contribution in [3.63, 3.8) is 0 Å². The number of hydrogen-bond donors (Lipinski definition) is 1. The van der Waals surface area contributed by atoms with Crippen LogP contribution in [0.15, 0.2) is 36.5 Å². The average Bonchev–Trinajstić information content (AvgIpc) is 2.80. The third kappa shape index (κ3) is 3.50. The quantitative estimate of drug-likeness (QED) is 0.505. The number of carbonyl (C=O) groups excluding carboxylic acids is 1. The van der Waals surface area contributed by atoms with E-state index in [2.05, 4.69) is 33.0 Å². The zero-order valence-electron chi connectivity index (χ0n) is 9.62. The molecule has 0 saturated heterocycles. The van der Waals surface area contributed by atoms with Gasteiger partial charge in [-0.05, 0) is 39.6 Å². The van der Waals surface area contributed by atoms with Crippen LogP contribution in [0.4, 0.5) is 11.5 Å². The first-order valence-corrected chi connectivity index (χ1v) is 6.36. The maximum atomic E-state index is 11.8. The van der Waals surface area contributed by atoms with Gasteiger partial charge >= 0.3 is 5.82 Å². The standard InChI is InChI=1S/C11H9IN4O3/c12-8-3-1-2-4-9(8)13-11(17)7-15-6-5-10(14-15)16(18)19/h1-6H,7H2,(H,13,17). The Morgan fingerprint density at radius 2 is 2.16 bits per heavy atom. The van der Waals surface area contributed by atoms with Gasteiger partial charge < -0.3 is 15.4 Å². The number of amides is 1. The summed E-state index contributed by atoms with van der Waals surface area (Å²) in [7, 11) is 0. The number of benzene rings is 1. The minimum Gasteiger partial charge on any atom is -0.358 e. The lowest BCUT2D eigenvalue weighted by Gasteiger charge is -2.05. The summed E-state index contributed by atoms with van der Waals surface area (Å²) in [5, 5.41) is 16.9. The third-order valence-electron chi connectivity index (χ3n) is 2.27. The molecular formula is C11H9IN4O3. The second kappa shape index (κ2) is 5.78. The van der Waals surface area contributed by atoms with Crippen molar-refractivity contribution in [3.05, 3.63) is 50.2 Å². The van der Waals surface area contributed by atoms with Gasteiger partial charge in [-0.3, -0.25) is 4.79 Å². The Hall–Kier alpha value is -1.97. The van der Waals surface area contributed by atoms with E-state index in [1.54, 1.807) is 6.07 Å². The first kappa shape index (κ1) is 13.5. The molecule has 0 unspecified atom stereocenters. The van der Waals surface area contributed by atoms with E-state index in [0.717, 1.165) is 3.57 Å². The Balaban J connectivity index is 2.01. The zero-order chi connectivity index (χ0) is 13.8. The number of aromatic nitrogens is 2. The van der Waals surface area contributed by atoms with Crippen molar-refractivity contribution in [2.45, 2.75) is 6.54 Å². The van der Waals surface area contributed by atoms with E-state index >= 15 is 0 Å². The molecule has 19 heavy (non-hydrogen) atoms. The van der Waals surface area contributed by atoms with Crippen LogP contribution in [-0.2, 0) is 11.3 Å². The molecule has 0 aliphatic carbocycles. The topological polar surface area (TPSA) is 90.1 Å². The van der Waals surface area contributed by atoms with Crippen molar-refractivity contribution in [2.75, 3.05) is 5.32 Å². The molecule has 1 N–H and O–H groups in total. The largest absolute Gasteiger partial charge is 0.389 e. The Kier molecular flexibility index (Phi) is 4.10. The normalized spacial score (nSPS) is 10.2. The van der Waals surface area contributed by atoms with E-state index in [-0.39, 0.29) is 18.3 Å². The predicted octanol–water partition coefficient (Wildman–Crippen LogP) is 2.03. The van der Waals surface area contributed by atoms with Crippen molar-refractivity contribution in [1.29, 1.82) is 0 Å². The Bertz CT molecular complexity index is 626. The number of anilines is 1. The number of hydrogen-bond acceptors (Lipinski definition) is 4. The highest BCUT2D eigenvalue weighted by Crippen LogP contribution is 2.16. The van der Waals surface area contributed by atoms with Crippen LogP contribution in [0.5, 0.6) is 0 Å². The molecule has 2 aromatic rings. The summed E-state index contributed by atoms with van der Waals surface area (Å²) in [5.74, 6) is -0.566. The van der Waals surface area contributed by atoms with Crippen LogP contribution >= 0.6 is 22.6 Å². The van der Waals surface area contributed by atoms with E-state index in [9.17, 15) is 14.9 Å². The molecule has 8 heteroatoms. The van der Waals surface area contributed by atoms with Gasteiger partial charge in [0, 0.05) is 3.57 Å². The molecule has 0 fully saturated rings. The summed E-state index contributed by atoms with van der Waals surface area (Å²) in [6.45, 7) is -0.0706. The molecule has 0 atom stereocenters. The summed E-state index contributed by atoms with van der Waals surface area (Å²) in [6, 6.07) is 8.59. The van der Waals surface area contributed by atoms with Crippen molar-refractivity contribution >= 4 is 40.0 Å². The third-order valence-corrected chi connectivity index (χ3v) is 3.21. The highest BCUT2D eigenvalue weighted by Gasteiger charge is 2.13. The van der Waals surface area contributed by atoms with Crippen LogP contribution in [0.3, 0.4) is 0 Å². The molecule has 1 heterocycles. The molecule has 7 nitrogen and oxygen atoms in total. The minimum absolute atomic E-state index is 0.0706. The second-order valence-corrected chi connectivity index (χ2v) is 4.82. The van der Waals surface area contributed by atoms with E-state index in [0.29, 0.717) is 5.69 Å². The fourth-order valence-corrected chi connectivity index (χ4v) is 1.96. The van der Waals surface area contributed by atoms with Gasteiger partial charge in [0.15, 0.2) is 0 Å². The molecule has 0 radical (unpaired) electrons. The highest BCUT2D eigenvalue weighted by atomic mass is 127. The van der Waals surface area contributed by atoms with Crippen LogP contribution in [0.1, 0.15) is 0 Å². The van der Waals surface area contributed by atoms with Gasteiger partial charge in [-0.2, -0.15) is 4.68 Å². The summed E-state index contributed by atoms with van der Waals surface area (Å²) < 4.78 is 2.14. The van der Waals surface area contributed by atoms with E-state index < -0.39 is 4.92 Å². The van der Waals surface area contributed by atoms with E-state index in [4.69, 9.17) is 0 Å². The molecule has 0 spiro atoms. The number of para-hydroxylation sites is 1. The molecule has 1 aromatic heterocycles. The molecule has 2 rings (SSSR count). The summed E-state index contributed by atoms with van der Waals surface area (Å²) in [4.78, 5) is 21.6. The summed E-state index contributed by atoms with van der Waals surface area (Å²) >= 11 is 2.11. The maximum Gasteiger partial charge on any atom is 0.389 e. The number of carbonyl (C=O) groups is 1. The van der Waals surface area contributed by atoms with Crippen molar-refractivity contribution in [2.24, 2.45) is 0 Å². The van der Waals surface area contributed by atoms with Gasteiger partial charge in [0.25, 0.3) is 0 Å². The fraction of sp³-hybridized carbons (Fsp3) is 0.0909. The van der Waals surface area contributed by atoms with Crippen molar-refractivity contribution < 1.29 is 9.72 Å². The number of rotatable bonds is 4. The molecule has 0 aliphatic heterocycles. The molecule has 0 bridgehead atoms. The molecule has 0 saturated carbocycles. The monoisotopic (exact) mass is 372 g/mol. The summed E-state index contributed by atoms with van der Waals surface area (Å²) in [6.07, 6.45) is 1.40. The predicted molar refractivity (Wildman–Crippen MR) is 76.7 cm³/mol. The van der Waals surface area contributed by atoms with Crippen LogP contribution in [-0.4, -0.2) is 20.6 Å². The Labute approximate surface area is 121 Å². The Morgan fingerprint density at radius 3 is 2.79 bits per heavy atom. The number of nitrogens with zero attached hydrogens (tertiary/aromatic N) is 3. The number of nitro groups is 1. The SMILES string of the molecule is O=C(Cn1ccc([N+](=O)[O-])n1)Nc1ccccc1I. The molecular weight excluding hydrogens is 363 g/mol. The lowest BCUT2D eigenvalue weighted by molar-refractivity contribution is -0.389. The smallest absolute Gasteiger partial charge is 0.358 e. The van der Waals surface area contributed by atoms with Crippen molar-refractivity contribution in [3.8, 4) is 0 Å². The van der Waals surface area contributed by atoms with Gasteiger partial charge in [0.05, 0.1) is 23.0 Å². The minimum atomic E-state index is -0.603. The van der Waals surface area contributed by atoms with Gasteiger partial charge in [-0.1, -0.05) is 12.1 Å². The lowest BCUT2D eigenvalue weighted by Crippen LogP contribution is -2.19. The summed E-state index contributed by atoms with van der Waals surface area (Å²) in [5.41, 5.74) is 0.703. The van der Waals surface area contributed by atoms with Gasteiger partial charge in [-0.25, -0.2) is 0 Å². The van der Waals surface area contributed by atoms with Gasteiger partial charge in [-0.15, -0.1) is 0 Å².